The summed E-state index contributed by atoms with van der Waals surface area (Å²) in [5.74, 6) is 1.20. The van der Waals surface area contributed by atoms with E-state index in [4.69, 9.17) is 9.47 Å². The third-order valence-corrected chi connectivity index (χ3v) is 3.59. The zero-order chi connectivity index (χ0) is 14.8. The smallest absolute Gasteiger partial charge is 0.345 e. The fourth-order valence-corrected chi connectivity index (χ4v) is 2.19. The molecule has 1 aromatic carbocycles. The van der Waals surface area contributed by atoms with E-state index in [9.17, 15) is 4.79 Å². The summed E-state index contributed by atoms with van der Waals surface area (Å²) in [5, 5.41) is 0. The quantitative estimate of drug-likeness (QED) is 0.636. The van der Waals surface area contributed by atoms with E-state index in [1.807, 2.05) is 25.1 Å². The van der Waals surface area contributed by atoms with Crippen LogP contribution in [0.2, 0.25) is 0 Å². The molecule has 0 unspecified atom stereocenters. The largest absolute Gasteiger partial charge is 0.493 e. The van der Waals surface area contributed by atoms with Gasteiger partial charge in [0.1, 0.15) is 0 Å². The fourth-order valence-electron chi connectivity index (χ4n) is 2.19. The lowest BCUT2D eigenvalue weighted by Gasteiger charge is -2.11. The van der Waals surface area contributed by atoms with E-state index in [-0.39, 0.29) is 0 Å². The van der Waals surface area contributed by atoms with E-state index < -0.39 is 5.97 Å². The average molecular weight is 283 g/mol. The molecule has 0 saturated heterocycles. The highest BCUT2D eigenvalue weighted by molar-refractivity contribution is 5.91. The van der Waals surface area contributed by atoms with Gasteiger partial charge in [0.15, 0.2) is 11.5 Å². The van der Waals surface area contributed by atoms with Gasteiger partial charge in [0.05, 0.1) is 12.7 Å². The zero-order valence-corrected chi connectivity index (χ0v) is 12.1. The number of hydrogen-bond donors (Lipinski definition) is 0. The van der Waals surface area contributed by atoms with Crippen molar-refractivity contribution in [2.75, 3.05) is 7.11 Å². The SMILES string of the molecule is COc1ccc(C2CC2)cc1OC(=O)c1ccc(C)nc1. The molecule has 1 aliphatic rings. The maximum absolute atomic E-state index is 12.2. The first-order valence-corrected chi connectivity index (χ1v) is 7.00. The molecular formula is C17H17NO3. The Morgan fingerprint density at radius 2 is 2.00 bits per heavy atom. The first-order valence-electron chi connectivity index (χ1n) is 7.00. The molecule has 0 bridgehead atoms. The molecule has 21 heavy (non-hydrogen) atoms. The van der Waals surface area contributed by atoms with Crippen LogP contribution in [0.1, 0.15) is 40.4 Å². The Morgan fingerprint density at radius 1 is 1.19 bits per heavy atom. The number of carbonyl (C=O) groups excluding carboxylic acids is 1. The van der Waals surface area contributed by atoms with Crippen LogP contribution in [0.15, 0.2) is 36.5 Å². The number of rotatable bonds is 4. The second-order valence-electron chi connectivity index (χ2n) is 5.26. The highest BCUT2D eigenvalue weighted by Crippen LogP contribution is 2.43. The maximum atomic E-state index is 12.2. The van der Waals surface area contributed by atoms with E-state index in [0.29, 0.717) is 23.0 Å². The molecule has 0 spiro atoms. The monoisotopic (exact) mass is 283 g/mol. The number of aryl methyl sites for hydroxylation is 1. The minimum Gasteiger partial charge on any atom is -0.493 e. The molecule has 0 atom stereocenters. The number of nitrogens with zero attached hydrogens (tertiary/aromatic N) is 1. The first kappa shape index (κ1) is 13.6. The van der Waals surface area contributed by atoms with E-state index in [2.05, 4.69) is 4.98 Å². The predicted octanol–water partition coefficient (Wildman–Crippen LogP) is 3.50. The predicted molar refractivity (Wildman–Crippen MR) is 78.9 cm³/mol. The third kappa shape index (κ3) is 3.05. The molecule has 0 radical (unpaired) electrons. The van der Waals surface area contributed by atoms with Gasteiger partial charge in [-0.15, -0.1) is 0 Å². The zero-order valence-electron chi connectivity index (χ0n) is 12.1. The number of carbonyl (C=O) groups is 1. The van der Waals surface area contributed by atoms with Crippen molar-refractivity contribution in [3.63, 3.8) is 0 Å². The Bertz CT molecular complexity index is 660. The summed E-state index contributed by atoms with van der Waals surface area (Å²) in [4.78, 5) is 16.3. The molecule has 1 fully saturated rings. The van der Waals surface area contributed by atoms with Crippen molar-refractivity contribution < 1.29 is 14.3 Å². The number of esters is 1. The van der Waals surface area contributed by atoms with Crippen molar-refractivity contribution in [2.24, 2.45) is 0 Å². The molecule has 1 aliphatic carbocycles. The Morgan fingerprint density at radius 3 is 2.62 bits per heavy atom. The molecule has 4 nitrogen and oxygen atoms in total. The Kier molecular flexibility index (Phi) is 3.60. The molecule has 0 aliphatic heterocycles. The summed E-state index contributed by atoms with van der Waals surface area (Å²) in [5.41, 5.74) is 2.49. The number of aromatic nitrogens is 1. The van der Waals surface area contributed by atoms with Crippen molar-refractivity contribution >= 4 is 5.97 Å². The van der Waals surface area contributed by atoms with Crippen molar-refractivity contribution in [3.05, 3.63) is 53.3 Å². The van der Waals surface area contributed by atoms with Gasteiger partial charge >= 0.3 is 5.97 Å². The lowest BCUT2D eigenvalue weighted by Crippen LogP contribution is -2.10. The van der Waals surface area contributed by atoms with Gasteiger partial charge in [-0.25, -0.2) is 4.79 Å². The Balaban J connectivity index is 1.84. The standard InChI is InChI=1S/C17H17NO3/c1-11-3-4-14(10-18-11)17(19)21-16-9-13(12-5-6-12)7-8-15(16)20-2/h3-4,7-10,12H,5-6H2,1-2H3. The van der Waals surface area contributed by atoms with Crippen LogP contribution in [-0.2, 0) is 0 Å². The molecule has 1 saturated carbocycles. The lowest BCUT2D eigenvalue weighted by molar-refractivity contribution is 0.0729. The van der Waals surface area contributed by atoms with Crippen molar-refractivity contribution in [1.29, 1.82) is 0 Å². The van der Waals surface area contributed by atoms with Gasteiger partial charge in [0.2, 0.25) is 0 Å². The van der Waals surface area contributed by atoms with Gasteiger partial charge in [-0.3, -0.25) is 4.98 Å². The second kappa shape index (κ2) is 5.56. The minimum atomic E-state index is -0.422. The van der Waals surface area contributed by atoms with Crippen LogP contribution in [0.25, 0.3) is 0 Å². The second-order valence-corrected chi connectivity index (χ2v) is 5.26. The number of pyridine rings is 1. The Labute approximate surface area is 123 Å². The van der Waals surface area contributed by atoms with Crippen LogP contribution in [0, 0.1) is 6.92 Å². The van der Waals surface area contributed by atoms with Crippen LogP contribution in [0.4, 0.5) is 0 Å². The van der Waals surface area contributed by atoms with Crippen LogP contribution >= 0.6 is 0 Å². The van der Waals surface area contributed by atoms with E-state index in [0.717, 1.165) is 5.69 Å². The lowest BCUT2D eigenvalue weighted by atomic mass is 10.1. The summed E-state index contributed by atoms with van der Waals surface area (Å²) in [6, 6.07) is 9.28. The van der Waals surface area contributed by atoms with Gasteiger partial charge in [-0.2, -0.15) is 0 Å². The van der Waals surface area contributed by atoms with Gasteiger partial charge < -0.3 is 9.47 Å². The van der Waals surface area contributed by atoms with E-state index in [1.165, 1.54) is 24.6 Å². The number of hydrogen-bond acceptors (Lipinski definition) is 4. The minimum absolute atomic E-state index is 0.422. The normalized spacial score (nSPS) is 13.8. The molecule has 0 amide bonds. The van der Waals surface area contributed by atoms with Gasteiger partial charge in [-0.05, 0) is 55.5 Å². The summed E-state index contributed by atoms with van der Waals surface area (Å²) < 4.78 is 10.7. The number of methoxy groups -OCH3 is 1. The first-order chi connectivity index (χ1) is 10.2. The summed E-state index contributed by atoms with van der Waals surface area (Å²) in [6.45, 7) is 1.87. The van der Waals surface area contributed by atoms with Gasteiger partial charge in [0.25, 0.3) is 0 Å². The van der Waals surface area contributed by atoms with Crippen molar-refractivity contribution in [1.82, 2.24) is 4.98 Å². The molecule has 4 heteroatoms. The van der Waals surface area contributed by atoms with E-state index >= 15 is 0 Å². The average Bonchev–Trinajstić information content (AvgIpc) is 3.32. The van der Waals surface area contributed by atoms with Crippen LogP contribution in [-0.4, -0.2) is 18.1 Å². The fraction of sp³-hybridized carbons (Fsp3) is 0.294. The third-order valence-electron chi connectivity index (χ3n) is 3.59. The van der Waals surface area contributed by atoms with Gasteiger partial charge in [-0.1, -0.05) is 6.07 Å². The summed E-state index contributed by atoms with van der Waals surface area (Å²) in [7, 11) is 1.57. The molecule has 108 valence electrons. The van der Waals surface area contributed by atoms with Crippen molar-refractivity contribution in [2.45, 2.75) is 25.7 Å². The number of benzene rings is 1. The van der Waals surface area contributed by atoms with Crippen molar-refractivity contribution in [3.8, 4) is 11.5 Å². The molecule has 0 N–H and O–H groups in total. The van der Waals surface area contributed by atoms with E-state index in [1.54, 1.807) is 19.2 Å². The van der Waals surface area contributed by atoms with Crippen LogP contribution in [0.3, 0.4) is 0 Å². The molecule has 1 heterocycles. The topological polar surface area (TPSA) is 48.4 Å². The molecular weight excluding hydrogens is 266 g/mol. The highest BCUT2D eigenvalue weighted by atomic mass is 16.6. The molecule has 3 rings (SSSR count). The molecule has 1 aromatic heterocycles. The maximum Gasteiger partial charge on any atom is 0.345 e. The molecule has 2 aromatic rings. The highest BCUT2D eigenvalue weighted by Gasteiger charge is 2.25. The van der Waals surface area contributed by atoms with Crippen LogP contribution < -0.4 is 9.47 Å². The number of ether oxygens (including phenoxy) is 2. The summed E-state index contributed by atoms with van der Waals surface area (Å²) >= 11 is 0. The van der Waals surface area contributed by atoms with Gasteiger partial charge in [0, 0.05) is 11.9 Å². The Hall–Kier alpha value is -2.36. The summed E-state index contributed by atoms with van der Waals surface area (Å²) in [6.07, 6.45) is 3.91. The van der Waals surface area contributed by atoms with Crippen LogP contribution in [0.5, 0.6) is 11.5 Å².